The van der Waals surface area contributed by atoms with Gasteiger partial charge in [-0.2, -0.15) is 0 Å². The molecule has 0 aliphatic heterocycles. The molecule has 1 amide bonds. The van der Waals surface area contributed by atoms with Crippen LogP contribution in [0.3, 0.4) is 0 Å². The molecule has 0 spiro atoms. The summed E-state index contributed by atoms with van der Waals surface area (Å²) in [6, 6.07) is 7.96. The smallest absolute Gasteiger partial charge is 0.407 e. The first kappa shape index (κ1) is 11.6. The first-order valence-corrected chi connectivity index (χ1v) is 5.14. The Kier molecular flexibility index (Phi) is 4.16. The van der Waals surface area contributed by atoms with Gasteiger partial charge in [-0.25, -0.2) is 4.79 Å². The largest absolute Gasteiger partial charge is 0.450 e. The average molecular weight is 207 g/mol. The van der Waals surface area contributed by atoms with Crippen LogP contribution < -0.4 is 5.32 Å². The number of aryl methyl sites for hydroxylation is 1. The first-order chi connectivity index (χ1) is 7.15. The van der Waals surface area contributed by atoms with E-state index in [9.17, 15) is 4.79 Å². The Labute approximate surface area is 90.4 Å². The van der Waals surface area contributed by atoms with Crippen LogP contribution in [-0.4, -0.2) is 12.7 Å². The van der Waals surface area contributed by atoms with Crippen molar-refractivity contribution >= 4 is 6.09 Å². The third kappa shape index (κ3) is 3.27. The summed E-state index contributed by atoms with van der Waals surface area (Å²) in [6.45, 7) is 6.16. The molecule has 0 saturated heterocycles. The predicted octanol–water partition coefficient (Wildman–Crippen LogP) is 2.80. The molecule has 0 fully saturated rings. The monoisotopic (exact) mass is 207 g/mol. The number of amides is 1. The Morgan fingerprint density at radius 2 is 2.13 bits per heavy atom. The van der Waals surface area contributed by atoms with Crippen molar-refractivity contribution in [3.63, 3.8) is 0 Å². The first-order valence-electron chi connectivity index (χ1n) is 5.14. The maximum absolute atomic E-state index is 11.2. The molecule has 0 unspecified atom stereocenters. The maximum Gasteiger partial charge on any atom is 0.407 e. The van der Waals surface area contributed by atoms with Crippen LogP contribution in [0.25, 0.3) is 0 Å². The van der Waals surface area contributed by atoms with Crippen molar-refractivity contribution in [2.75, 3.05) is 6.61 Å². The lowest BCUT2D eigenvalue weighted by atomic mass is 10.0. The molecule has 1 aromatic carbocycles. The summed E-state index contributed by atoms with van der Waals surface area (Å²) in [6.07, 6.45) is -0.367. The van der Waals surface area contributed by atoms with Crippen LogP contribution in [0.4, 0.5) is 4.79 Å². The van der Waals surface area contributed by atoms with Crippen LogP contribution in [0.1, 0.15) is 31.0 Å². The summed E-state index contributed by atoms with van der Waals surface area (Å²) in [5.41, 5.74) is 2.28. The van der Waals surface area contributed by atoms with E-state index < -0.39 is 0 Å². The SMILES string of the molecule is CCOC(=O)N[C@@H](C)c1ccccc1C. The van der Waals surface area contributed by atoms with E-state index in [0.717, 1.165) is 5.56 Å². The molecular formula is C12H17NO2. The molecular weight excluding hydrogens is 190 g/mol. The number of alkyl carbamates (subject to hydrolysis) is 1. The van der Waals surface area contributed by atoms with Gasteiger partial charge in [-0.15, -0.1) is 0 Å². The van der Waals surface area contributed by atoms with Crippen molar-refractivity contribution in [3.8, 4) is 0 Å². The average Bonchev–Trinajstić information content (AvgIpc) is 2.18. The Morgan fingerprint density at radius 3 is 2.73 bits per heavy atom. The van der Waals surface area contributed by atoms with Crippen molar-refractivity contribution in [1.29, 1.82) is 0 Å². The minimum Gasteiger partial charge on any atom is -0.450 e. The highest BCUT2D eigenvalue weighted by Gasteiger charge is 2.10. The molecule has 0 aromatic heterocycles. The fourth-order valence-corrected chi connectivity index (χ4v) is 1.50. The number of rotatable bonds is 3. The van der Waals surface area contributed by atoms with Gasteiger partial charge in [-0.1, -0.05) is 24.3 Å². The van der Waals surface area contributed by atoms with Gasteiger partial charge in [-0.05, 0) is 31.9 Å². The van der Waals surface area contributed by atoms with Gasteiger partial charge in [0.25, 0.3) is 0 Å². The maximum atomic E-state index is 11.2. The number of carbonyl (C=O) groups excluding carboxylic acids is 1. The summed E-state index contributed by atoms with van der Waals surface area (Å²) < 4.78 is 4.82. The minimum absolute atomic E-state index is 0.0229. The van der Waals surface area contributed by atoms with E-state index >= 15 is 0 Å². The van der Waals surface area contributed by atoms with Gasteiger partial charge in [0, 0.05) is 0 Å². The Bertz CT molecular complexity index is 336. The van der Waals surface area contributed by atoms with E-state index in [1.807, 2.05) is 38.1 Å². The standard InChI is InChI=1S/C12H17NO2/c1-4-15-12(14)13-10(3)11-8-6-5-7-9(11)2/h5-8,10H,4H2,1-3H3,(H,13,14)/t10-/m0/s1. The van der Waals surface area contributed by atoms with Gasteiger partial charge in [0.15, 0.2) is 0 Å². The van der Waals surface area contributed by atoms with Crippen LogP contribution in [0.5, 0.6) is 0 Å². The molecule has 3 nitrogen and oxygen atoms in total. The second kappa shape index (κ2) is 5.39. The van der Waals surface area contributed by atoms with E-state index in [2.05, 4.69) is 5.32 Å². The third-order valence-corrected chi connectivity index (χ3v) is 2.26. The lowest BCUT2D eigenvalue weighted by Gasteiger charge is -2.15. The van der Waals surface area contributed by atoms with E-state index in [-0.39, 0.29) is 12.1 Å². The molecule has 0 saturated carbocycles. The summed E-state index contributed by atoms with van der Waals surface area (Å²) in [4.78, 5) is 11.2. The number of hydrogen-bond acceptors (Lipinski definition) is 2. The van der Waals surface area contributed by atoms with Crippen LogP contribution in [0.15, 0.2) is 24.3 Å². The normalized spacial score (nSPS) is 11.9. The molecule has 1 rings (SSSR count). The summed E-state index contributed by atoms with van der Waals surface area (Å²) in [5.74, 6) is 0. The molecule has 0 aliphatic carbocycles. The minimum atomic E-state index is -0.367. The number of nitrogens with one attached hydrogen (secondary N) is 1. The fourth-order valence-electron chi connectivity index (χ4n) is 1.50. The molecule has 82 valence electrons. The third-order valence-electron chi connectivity index (χ3n) is 2.26. The highest BCUT2D eigenvalue weighted by molar-refractivity contribution is 5.67. The molecule has 3 heteroatoms. The molecule has 0 aliphatic rings. The highest BCUT2D eigenvalue weighted by Crippen LogP contribution is 2.16. The number of hydrogen-bond donors (Lipinski definition) is 1. The lowest BCUT2D eigenvalue weighted by Crippen LogP contribution is -2.27. The van der Waals surface area contributed by atoms with E-state index in [1.54, 1.807) is 6.92 Å². The highest BCUT2D eigenvalue weighted by atomic mass is 16.5. The summed E-state index contributed by atoms with van der Waals surface area (Å²) >= 11 is 0. The molecule has 1 N–H and O–H groups in total. The lowest BCUT2D eigenvalue weighted by molar-refractivity contribution is 0.149. The van der Waals surface area contributed by atoms with Crippen LogP contribution in [0, 0.1) is 6.92 Å². The quantitative estimate of drug-likeness (QED) is 0.827. The van der Waals surface area contributed by atoms with Crippen molar-refractivity contribution < 1.29 is 9.53 Å². The topological polar surface area (TPSA) is 38.3 Å². The summed E-state index contributed by atoms with van der Waals surface area (Å²) in [7, 11) is 0. The number of benzene rings is 1. The fraction of sp³-hybridized carbons (Fsp3) is 0.417. The number of ether oxygens (including phenoxy) is 1. The molecule has 0 radical (unpaired) electrons. The summed E-state index contributed by atoms with van der Waals surface area (Å²) in [5, 5.41) is 2.78. The van der Waals surface area contributed by atoms with Gasteiger partial charge in [0.05, 0.1) is 12.6 Å². The Hall–Kier alpha value is -1.51. The van der Waals surface area contributed by atoms with Crippen molar-refractivity contribution in [3.05, 3.63) is 35.4 Å². The van der Waals surface area contributed by atoms with Gasteiger partial charge < -0.3 is 10.1 Å². The van der Waals surface area contributed by atoms with Crippen LogP contribution in [0.2, 0.25) is 0 Å². The van der Waals surface area contributed by atoms with Gasteiger partial charge in [-0.3, -0.25) is 0 Å². The molecule has 1 aromatic rings. The van der Waals surface area contributed by atoms with Gasteiger partial charge in [0.1, 0.15) is 0 Å². The van der Waals surface area contributed by atoms with Gasteiger partial charge >= 0.3 is 6.09 Å². The zero-order valence-electron chi connectivity index (χ0n) is 9.41. The van der Waals surface area contributed by atoms with E-state index in [0.29, 0.717) is 6.61 Å². The van der Waals surface area contributed by atoms with E-state index in [4.69, 9.17) is 4.74 Å². The van der Waals surface area contributed by atoms with Crippen molar-refractivity contribution in [2.45, 2.75) is 26.8 Å². The second-order valence-corrected chi connectivity index (χ2v) is 3.44. The zero-order valence-corrected chi connectivity index (χ0v) is 9.41. The molecule has 15 heavy (non-hydrogen) atoms. The van der Waals surface area contributed by atoms with E-state index in [1.165, 1.54) is 5.56 Å². The Morgan fingerprint density at radius 1 is 1.47 bits per heavy atom. The second-order valence-electron chi connectivity index (χ2n) is 3.44. The van der Waals surface area contributed by atoms with Crippen LogP contribution >= 0.6 is 0 Å². The van der Waals surface area contributed by atoms with Gasteiger partial charge in [0.2, 0.25) is 0 Å². The predicted molar refractivity (Wildman–Crippen MR) is 59.8 cm³/mol. The molecule has 0 bridgehead atoms. The zero-order chi connectivity index (χ0) is 11.3. The number of carbonyl (C=O) groups is 1. The van der Waals surface area contributed by atoms with Crippen LogP contribution in [-0.2, 0) is 4.74 Å². The Balaban J connectivity index is 2.65. The molecule has 0 heterocycles. The van der Waals surface area contributed by atoms with Crippen molar-refractivity contribution in [2.24, 2.45) is 0 Å². The van der Waals surface area contributed by atoms with Crippen molar-refractivity contribution in [1.82, 2.24) is 5.32 Å². The molecule has 1 atom stereocenters.